The lowest BCUT2D eigenvalue weighted by molar-refractivity contribution is -0.00929. The van der Waals surface area contributed by atoms with Gasteiger partial charge in [-0.15, -0.1) is 0 Å². The second-order valence-electron chi connectivity index (χ2n) is 6.00. The van der Waals surface area contributed by atoms with Gasteiger partial charge in [0.2, 0.25) is 0 Å². The maximum absolute atomic E-state index is 9.81. The molecule has 0 amide bonds. The Morgan fingerprint density at radius 1 is 1.17 bits per heavy atom. The quantitative estimate of drug-likeness (QED) is 0.622. The molecule has 0 bridgehead atoms. The van der Waals surface area contributed by atoms with Crippen LogP contribution in [0.15, 0.2) is 0 Å². The van der Waals surface area contributed by atoms with E-state index in [0.717, 1.165) is 13.0 Å². The van der Waals surface area contributed by atoms with Crippen LogP contribution in [0.2, 0.25) is 0 Å². The number of ether oxygens (including phenoxy) is 1. The third-order valence-corrected chi connectivity index (χ3v) is 2.72. The molecule has 0 aliphatic carbocycles. The molecule has 0 rings (SSSR count). The number of nitrogens with one attached hydrogen (secondary N) is 1. The molecule has 3 unspecified atom stereocenters. The molecule has 0 spiro atoms. The molecule has 0 aromatic rings. The van der Waals surface area contributed by atoms with Crippen molar-refractivity contribution < 1.29 is 9.84 Å². The van der Waals surface area contributed by atoms with Gasteiger partial charge in [0, 0.05) is 19.1 Å². The standard InChI is InChI=1S/C14H32N2O2/c1-11(2)7-13(4)18-10-14(17)8-15-12(3)9-16(5)6/h11-15,17H,7-10H2,1-6H3. The number of nitrogens with zero attached hydrogens (tertiary/aromatic N) is 1. The summed E-state index contributed by atoms with van der Waals surface area (Å²) >= 11 is 0. The third kappa shape index (κ3) is 11.0. The lowest BCUT2D eigenvalue weighted by Gasteiger charge is -2.21. The molecular formula is C14H32N2O2. The zero-order valence-electron chi connectivity index (χ0n) is 12.9. The molecule has 0 aromatic carbocycles. The molecule has 0 radical (unpaired) electrons. The van der Waals surface area contributed by atoms with Crippen LogP contribution in [0.1, 0.15) is 34.1 Å². The molecule has 4 heteroatoms. The SMILES string of the molecule is CC(C)CC(C)OCC(O)CNC(C)CN(C)C. The predicted octanol–water partition coefficient (Wildman–Crippen LogP) is 1.34. The first-order valence-corrected chi connectivity index (χ1v) is 6.99. The topological polar surface area (TPSA) is 44.7 Å². The molecule has 18 heavy (non-hydrogen) atoms. The molecule has 0 aromatic heterocycles. The van der Waals surface area contributed by atoms with Crippen LogP contribution in [-0.4, -0.2) is 62.0 Å². The highest BCUT2D eigenvalue weighted by molar-refractivity contribution is 4.67. The summed E-state index contributed by atoms with van der Waals surface area (Å²) in [5, 5.41) is 13.1. The Morgan fingerprint density at radius 3 is 2.28 bits per heavy atom. The summed E-state index contributed by atoms with van der Waals surface area (Å²) in [5.74, 6) is 0.635. The van der Waals surface area contributed by atoms with Gasteiger partial charge in [-0.1, -0.05) is 13.8 Å². The van der Waals surface area contributed by atoms with E-state index in [0.29, 0.717) is 25.1 Å². The summed E-state index contributed by atoms with van der Waals surface area (Å²) in [6.45, 7) is 10.5. The number of hydrogen-bond acceptors (Lipinski definition) is 4. The van der Waals surface area contributed by atoms with E-state index in [2.05, 4.69) is 37.9 Å². The van der Waals surface area contributed by atoms with Gasteiger partial charge in [-0.2, -0.15) is 0 Å². The molecule has 0 saturated heterocycles. The summed E-state index contributed by atoms with van der Waals surface area (Å²) in [7, 11) is 4.09. The zero-order chi connectivity index (χ0) is 14.1. The average molecular weight is 260 g/mol. The first-order chi connectivity index (χ1) is 8.31. The van der Waals surface area contributed by atoms with Crippen molar-refractivity contribution in [2.75, 3.05) is 33.8 Å². The van der Waals surface area contributed by atoms with Gasteiger partial charge in [0.1, 0.15) is 0 Å². The van der Waals surface area contributed by atoms with Gasteiger partial charge >= 0.3 is 0 Å². The van der Waals surface area contributed by atoms with E-state index in [4.69, 9.17) is 4.74 Å². The van der Waals surface area contributed by atoms with Gasteiger partial charge in [-0.05, 0) is 40.3 Å². The van der Waals surface area contributed by atoms with Crippen molar-refractivity contribution >= 4 is 0 Å². The van der Waals surface area contributed by atoms with E-state index in [-0.39, 0.29) is 6.10 Å². The fourth-order valence-electron chi connectivity index (χ4n) is 2.02. The van der Waals surface area contributed by atoms with Crippen LogP contribution in [0, 0.1) is 5.92 Å². The van der Waals surface area contributed by atoms with E-state index in [9.17, 15) is 5.11 Å². The summed E-state index contributed by atoms with van der Waals surface area (Å²) < 4.78 is 5.63. The van der Waals surface area contributed by atoms with E-state index in [1.165, 1.54) is 0 Å². The highest BCUT2D eigenvalue weighted by Gasteiger charge is 2.11. The molecule has 0 saturated carbocycles. The van der Waals surface area contributed by atoms with Gasteiger partial charge in [-0.3, -0.25) is 0 Å². The van der Waals surface area contributed by atoms with Gasteiger partial charge in [0.15, 0.2) is 0 Å². The van der Waals surface area contributed by atoms with Crippen LogP contribution in [-0.2, 0) is 4.74 Å². The summed E-state index contributed by atoms with van der Waals surface area (Å²) in [5.41, 5.74) is 0. The number of aliphatic hydroxyl groups excluding tert-OH is 1. The molecule has 0 fully saturated rings. The zero-order valence-corrected chi connectivity index (χ0v) is 12.9. The Bertz CT molecular complexity index is 178. The molecular weight excluding hydrogens is 228 g/mol. The van der Waals surface area contributed by atoms with E-state index >= 15 is 0 Å². The predicted molar refractivity (Wildman–Crippen MR) is 76.9 cm³/mol. The maximum atomic E-state index is 9.81. The monoisotopic (exact) mass is 260 g/mol. The van der Waals surface area contributed by atoms with Gasteiger partial charge in [-0.25, -0.2) is 0 Å². The molecule has 0 aliphatic rings. The van der Waals surface area contributed by atoms with Crippen LogP contribution in [0.5, 0.6) is 0 Å². The minimum absolute atomic E-state index is 0.221. The van der Waals surface area contributed by atoms with Gasteiger partial charge < -0.3 is 20.1 Å². The van der Waals surface area contributed by atoms with Crippen molar-refractivity contribution in [3.05, 3.63) is 0 Å². The lowest BCUT2D eigenvalue weighted by Crippen LogP contribution is -2.41. The van der Waals surface area contributed by atoms with E-state index in [1.807, 2.05) is 14.1 Å². The van der Waals surface area contributed by atoms with Gasteiger partial charge in [0.25, 0.3) is 0 Å². The normalized spacial score (nSPS) is 17.2. The molecule has 4 nitrogen and oxygen atoms in total. The van der Waals surface area contributed by atoms with E-state index < -0.39 is 6.10 Å². The second-order valence-corrected chi connectivity index (χ2v) is 6.00. The minimum Gasteiger partial charge on any atom is -0.389 e. The molecule has 0 heterocycles. The Hall–Kier alpha value is -0.160. The number of hydrogen-bond donors (Lipinski definition) is 2. The molecule has 2 N–H and O–H groups in total. The lowest BCUT2D eigenvalue weighted by atomic mass is 10.1. The first-order valence-electron chi connectivity index (χ1n) is 6.99. The molecule has 110 valence electrons. The van der Waals surface area contributed by atoms with Crippen LogP contribution in [0.25, 0.3) is 0 Å². The highest BCUT2D eigenvalue weighted by atomic mass is 16.5. The number of aliphatic hydroxyl groups is 1. The second kappa shape index (κ2) is 9.73. The van der Waals surface area contributed by atoms with E-state index in [1.54, 1.807) is 0 Å². The number of rotatable bonds is 10. The van der Waals surface area contributed by atoms with Gasteiger partial charge in [0.05, 0.1) is 18.8 Å². The van der Waals surface area contributed by atoms with Crippen LogP contribution in [0.3, 0.4) is 0 Å². The molecule has 0 aliphatic heterocycles. The average Bonchev–Trinajstić information content (AvgIpc) is 2.21. The van der Waals surface area contributed by atoms with Crippen molar-refractivity contribution in [1.82, 2.24) is 10.2 Å². The van der Waals surface area contributed by atoms with Crippen molar-refractivity contribution in [3.63, 3.8) is 0 Å². The highest BCUT2D eigenvalue weighted by Crippen LogP contribution is 2.07. The smallest absolute Gasteiger partial charge is 0.0897 e. The van der Waals surface area contributed by atoms with Crippen molar-refractivity contribution in [1.29, 1.82) is 0 Å². The fraction of sp³-hybridized carbons (Fsp3) is 1.00. The van der Waals surface area contributed by atoms with Crippen molar-refractivity contribution in [2.24, 2.45) is 5.92 Å². The van der Waals surface area contributed by atoms with Crippen LogP contribution < -0.4 is 5.32 Å². The number of likely N-dealkylation sites (N-methyl/N-ethyl adjacent to an activating group) is 1. The Kier molecular flexibility index (Phi) is 9.64. The fourth-order valence-corrected chi connectivity index (χ4v) is 2.02. The molecule has 3 atom stereocenters. The van der Waals surface area contributed by atoms with Crippen LogP contribution >= 0.6 is 0 Å². The Balaban J connectivity index is 3.61. The largest absolute Gasteiger partial charge is 0.389 e. The Morgan fingerprint density at radius 2 is 1.78 bits per heavy atom. The first kappa shape index (κ1) is 17.8. The summed E-state index contributed by atoms with van der Waals surface area (Å²) in [6.07, 6.45) is 0.833. The summed E-state index contributed by atoms with van der Waals surface area (Å²) in [6, 6.07) is 0.378. The minimum atomic E-state index is -0.427. The van der Waals surface area contributed by atoms with Crippen LogP contribution in [0.4, 0.5) is 0 Å². The van der Waals surface area contributed by atoms with Crippen molar-refractivity contribution in [2.45, 2.75) is 52.4 Å². The third-order valence-electron chi connectivity index (χ3n) is 2.72. The Labute approximate surface area is 113 Å². The summed E-state index contributed by atoms with van der Waals surface area (Å²) in [4.78, 5) is 2.13. The van der Waals surface area contributed by atoms with Crippen molar-refractivity contribution in [3.8, 4) is 0 Å². The maximum Gasteiger partial charge on any atom is 0.0897 e.